The smallest absolute Gasteiger partial charge is 0.0471 e. The third-order valence-electron chi connectivity index (χ3n) is 3.31. The SMILES string of the molecule is CC(CNC(C)C(C)CO)c1cccc(Br)c1. The van der Waals surface area contributed by atoms with Crippen LogP contribution in [-0.2, 0) is 0 Å². The van der Waals surface area contributed by atoms with Crippen LogP contribution in [0.1, 0.15) is 32.3 Å². The molecule has 0 radical (unpaired) electrons. The van der Waals surface area contributed by atoms with Crippen LogP contribution >= 0.6 is 15.9 Å². The molecule has 0 amide bonds. The highest BCUT2D eigenvalue weighted by atomic mass is 79.9. The van der Waals surface area contributed by atoms with E-state index in [1.807, 2.05) is 6.07 Å². The molecule has 0 aliphatic heterocycles. The average molecular weight is 300 g/mol. The molecule has 0 bridgehead atoms. The molecule has 17 heavy (non-hydrogen) atoms. The molecule has 2 nitrogen and oxygen atoms in total. The van der Waals surface area contributed by atoms with Gasteiger partial charge < -0.3 is 10.4 Å². The molecule has 96 valence electrons. The average Bonchev–Trinajstić information content (AvgIpc) is 2.34. The molecule has 1 aromatic carbocycles. The summed E-state index contributed by atoms with van der Waals surface area (Å²) >= 11 is 3.49. The van der Waals surface area contributed by atoms with Gasteiger partial charge in [-0.25, -0.2) is 0 Å². The molecule has 0 aliphatic carbocycles. The van der Waals surface area contributed by atoms with Crippen LogP contribution in [0.4, 0.5) is 0 Å². The van der Waals surface area contributed by atoms with Crippen LogP contribution < -0.4 is 5.32 Å². The summed E-state index contributed by atoms with van der Waals surface area (Å²) in [4.78, 5) is 0. The lowest BCUT2D eigenvalue weighted by Gasteiger charge is -2.22. The van der Waals surface area contributed by atoms with Gasteiger partial charge in [0.1, 0.15) is 0 Å². The number of hydrogen-bond acceptors (Lipinski definition) is 2. The Labute approximate surface area is 113 Å². The largest absolute Gasteiger partial charge is 0.396 e. The zero-order chi connectivity index (χ0) is 12.8. The van der Waals surface area contributed by atoms with Crippen LogP contribution in [0.15, 0.2) is 28.7 Å². The second-order valence-electron chi connectivity index (χ2n) is 4.81. The van der Waals surface area contributed by atoms with Crippen molar-refractivity contribution in [2.45, 2.75) is 32.7 Å². The quantitative estimate of drug-likeness (QED) is 0.846. The Morgan fingerprint density at radius 2 is 2.00 bits per heavy atom. The van der Waals surface area contributed by atoms with E-state index < -0.39 is 0 Å². The highest BCUT2D eigenvalue weighted by Gasteiger charge is 2.12. The first kappa shape index (κ1) is 14.7. The summed E-state index contributed by atoms with van der Waals surface area (Å²) in [7, 11) is 0. The molecule has 2 N–H and O–H groups in total. The molecular weight excluding hydrogens is 278 g/mol. The molecule has 0 aliphatic rings. The van der Waals surface area contributed by atoms with Crippen molar-refractivity contribution in [3.63, 3.8) is 0 Å². The third kappa shape index (κ3) is 4.78. The first-order chi connectivity index (χ1) is 8.04. The maximum absolute atomic E-state index is 9.08. The minimum Gasteiger partial charge on any atom is -0.396 e. The molecule has 0 fully saturated rings. The molecule has 1 aromatic rings. The van der Waals surface area contributed by atoms with Crippen molar-refractivity contribution in [1.82, 2.24) is 5.32 Å². The summed E-state index contributed by atoms with van der Waals surface area (Å²) in [6.45, 7) is 7.56. The lowest BCUT2D eigenvalue weighted by molar-refractivity contribution is 0.207. The van der Waals surface area contributed by atoms with Gasteiger partial charge in [0.25, 0.3) is 0 Å². The van der Waals surface area contributed by atoms with E-state index in [0.717, 1.165) is 11.0 Å². The number of hydrogen-bond donors (Lipinski definition) is 2. The maximum atomic E-state index is 9.08. The zero-order valence-electron chi connectivity index (χ0n) is 10.8. The molecule has 1 rings (SSSR count). The Morgan fingerprint density at radius 1 is 1.29 bits per heavy atom. The van der Waals surface area contributed by atoms with Crippen molar-refractivity contribution in [2.75, 3.05) is 13.2 Å². The Morgan fingerprint density at radius 3 is 2.59 bits per heavy atom. The van der Waals surface area contributed by atoms with Crippen LogP contribution in [0.3, 0.4) is 0 Å². The molecular formula is C14H22BrNO. The summed E-state index contributed by atoms with van der Waals surface area (Å²) in [6, 6.07) is 8.76. The first-order valence-electron chi connectivity index (χ1n) is 6.14. The van der Waals surface area contributed by atoms with Crippen molar-refractivity contribution in [2.24, 2.45) is 5.92 Å². The number of benzene rings is 1. The summed E-state index contributed by atoms with van der Waals surface area (Å²) in [5.41, 5.74) is 1.33. The van der Waals surface area contributed by atoms with Crippen molar-refractivity contribution in [3.8, 4) is 0 Å². The fraction of sp³-hybridized carbons (Fsp3) is 0.571. The Kier molecular flexibility index (Phi) is 6.17. The second-order valence-corrected chi connectivity index (χ2v) is 5.73. The van der Waals surface area contributed by atoms with E-state index in [-0.39, 0.29) is 6.61 Å². The number of aliphatic hydroxyl groups excluding tert-OH is 1. The van der Waals surface area contributed by atoms with Crippen LogP contribution in [0.5, 0.6) is 0 Å². The Bertz CT molecular complexity index is 343. The highest BCUT2D eigenvalue weighted by Crippen LogP contribution is 2.19. The zero-order valence-corrected chi connectivity index (χ0v) is 12.4. The lowest BCUT2D eigenvalue weighted by Crippen LogP contribution is -2.36. The summed E-state index contributed by atoms with van der Waals surface area (Å²) in [5, 5.41) is 12.6. The van der Waals surface area contributed by atoms with E-state index >= 15 is 0 Å². The van der Waals surface area contributed by atoms with E-state index in [2.05, 4.69) is 60.2 Å². The van der Waals surface area contributed by atoms with Gasteiger partial charge in [-0.1, -0.05) is 41.9 Å². The topological polar surface area (TPSA) is 32.3 Å². The van der Waals surface area contributed by atoms with Crippen molar-refractivity contribution >= 4 is 15.9 Å². The van der Waals surface area contributed by atoms with Gasteiger partial charge in [0.05, 0.1) is 0 Å². The summed E-state index contributed by atoms with van der Waals surface area (Å²) < 4.78 is 1.12. The van der Waals surface area contributed by atoms with E-state index in [4.69, 9.17) is 5.11 Å². The maximum Gasteiger partial charge on any atom is 0.0471 e. The molecule has 0 heterocycles. The predicted octanol–water partition coefficient (Wildman–Crippen LogP) is 3.16. The number of nitrogens with one attached hydrogen (secondary N) is 1. The number of halogens is 1. The van der Waals surface area contributed by atoms with Crippen molar-refractivity contribution in [3.05, 3.63) is 34.3 Å². The first-order valence-corrected chi connectivity index (χ1v) is 6.93. The van der Waals surface area contributed by atoms with Gasteiger partial charge in [0, 0.05) is 23.7 Å². The van der Waals surface area contributed by atoms with Crippen LogP contribution in [0.2, 0.25) is 0 Å². The normalized spacial score (nSPS) is 16.5. The van der Waals surface area contributed by atoms with Gasteiger partial charge in [0.15, 0.2) is 0 Å². The fourth-order valence-corrected chi connectivity index (χ4v) is 2.07. The van der Waals surface area contributed by atoms with Crippen molar-refractivity contribution < 1.29 is 5.11 Å². The van der Waals surface area contributed by atoms with Gasteiger partial charge in [0.2, 0.25) is 0 Å². The number of rotatable bonds is 6. The molecule has 0 aromatic heterocycles. The monoisotopic (exact) mass is 299 g/mol. The molecule has 0 spiro atoms. The molecule has 0 saturated carbocycles. The number of aliphatic hydroxyl groups is 1. The summed E-state index contributed by atoms with van der Waals surface area (Å²) in [5.74, 6) is 0.769. The van der Waals surface area contributed by atoms with Crippen LogP contribution in [0, 0.1) is 5.92 Å². The van der Waals surface area contributed by atoms with Gasteiger partial charge in [-0.2, -0.15) is 0 Å². The minimum atomic E-state index is 0.236. The van der Waals surface area contributed by atoms with E-state index in [0.29, 0.717) is 17.9 Å². The van der Waals surface area contributed by atoms with Gasteiger partial charge >= 0.3 is 0 Å². The highest BCUT2D eigenvalue weighted by molar-refractivity contribution is 9.10. The van der Waals surface area contributed by atoms with Crippen LogP contribution in [-0.4, -0.2) is 24.3 Å². The van der Waals surface area contributed by atoms with Gasteiger partial charge in [-0.05, 0) is 36.5 Å². The molecule has 3 unspecified atom stereocenters. The standard InChI is InChI=1S/C14H22BrNO/c1-10(8-16-12(3)11(2)9-17)13-5-4-6-14(15)7-13/h4-7,10-12,16-17H,8-9H2,1-3H3. The molecule has 3 heteroatoms. The van der Waals surface area contributed by atoms with Crippen molar-refractivity contribution in [1.29, 1.82) is 0 Å². The van der Waals surface area contributed by atoms with Gasteiger partial charge in [-0.15, -0.1) is 0 Å². The fourth-order valence-electron chi connectivity index (χ4n) is 1.65. The predicted molar refractivity (Wildman–Crippen MR) is 76.3 cm³/mol. The Balaban J connectivity index is 2.47. The van der Waals surface area contributed by atoms with E-state index in [1.165, 1.54) is 5.56 Å². The van der Waals surface area contributed by atoms with E-state index in [1.54, 1.807) is 0 Å². The Hall–Kier alpha value is -0.380. The molecule has 0 saturated heterocycles. The molecule has 3 atom stereocenters. The third-order valence-corrected chi connectivity index (χ3v) is 3.80. The van der Waals surface area contributed by atoms with E-state index in [9.17, 15) is 0 Å². The summed E-state index contributed by atoms with van der Waals surface area (Å²) in [6.07, 6.45) is 0. The second kappa shape index (κ2) is 7.14. The minimum absolute atomic E-state index is 0.236. The van der Waals surface area contributed by atoms with Crippen LogP contribution in [0.25, 0.3) is 0 Å². The van der Waals surface area contributed by atoms with Gasteiger partial charge in [-0.3, -0.25) is 0 Å². The lowest BCUT2D eigenvalue weighted by atomic mass is 9.99.